The van der Waals surface area contributed by atoms with Crippen molar-refractivity contribution in [3.05, 3.63) is 77.6 Å². The lowest BCUT2D eigenvalue weighted by Gasteiger charge is -2.36. The molecule has 0 aliphatic rings. The van der Waals surface area contributed by atoms with E-state index >= 15 is 0 Å². The van der Waals surface area contributed by atoms with Gasteiger partial charge in [-0.15, -0.1) is 0 Å². The summed E-state index contributed by atoms with van der Waals surface area (Å²) in [5.41, 5.74) is 1.27. The normalized spacial score (nSPS) is 12.0. The molecule has 0 unspecified atom stereocenters. The van der Waals surface area contributed by atoms with Crippen molar-refractivity contribution >= 4 is 37.1 Å². The minimum atomic E-state index is -1.91. The van der Waals surface area contributed by atoms with Gasteiger partial charge < -0.3 is 29.6 Å². The quantitative estimate of drug-likeness (QED) is 0.109. The molecule has 0 radical (unpaired) electrons. The summed E-state index contributed by atoms with van der Waals surface area (Å²) in [6.07, 6.45) is 2.81. The molecule has 2 aromatic carbocycles. The Hall–Kier alpha value is -4.86. The monoisotopic (exact) mass is 643 g/mol. The molecule has 0 bridgehead atoms. The molecular formula is C34H41N5O6Si. The topological polar surface area (TPSA) is 147 Å². The first-order valence-corrected chi connectivity index (χ1v) is 17.8. The molecule has 0 fully saturated rings. The van der Waals surface area contributed by atoms with Crippen LogP contribution in [0.1, 0.15) is 56.1 Å². The van der Waals surface area contributed by atoms with Crippen LogP contribution in [0.2, 0.25) is 18.1 Å². The number of ether oxygens (including phenoxy) is 2. The number of anilines is 2. The van der Waals surface area contributed by atoms with E-state index in [2.05, 4.69) is 55.7 Å². The molecule has 12 heteroatoms. The van der Waals surface area contributed by atoms with Gasteiger partial charge in [-0.3, -0.25) is 4.79 Å². The summed E-state index contributed by atoms with van der Waals surface area (Å²) in [5, 5.41) is 29.7. The van der Waals surface area contributed by atoms with Crippen molar-refractivity contribution in [2.75, 3.05) is 18.5 Å². The first-order valence-electron chi connectivity index (χ1n) is 14.9. The molecule has 0 aliphatic carbocycles. The molecule has 4 rings (SSSR count). The standard InChI is InChI=1S/C34H41N5O6Si/c1-22-26(31(40)41)21-39-30(22)29(23(19-35)20-37-39)38-24-13-15-25(16-14-24)44-27-11-9-10-12-28(27)45-34(5,6)32(42)36-17-18-43-46(7,8)33(2,3)4/h9-16,20-21,38H,17-18H2,1-8H3,(H,36,42)(H,40,41). The van der Waals surface area contributed by atoms with E-state index in [9.17, 15) is 20.0 Å². The van der Waals surface area contributed by atoms with Gasteiger partial charge in [0.15, 0.2) is 25.4 Å². The molecule has 2 heterocycles. The number of amides is 1. The number of carboxylic acids is 1. The summed E-state index contributed by atoms with van der Waals surface area (Å²) in [7, 11) is -1.91. The van der Waals surface area contributed by atoms with Crippen molar-refractivity contribution in [2.45, 2.75) is 65.3 Å². The highest BCUT2D eigenvalue weighted by Gasteiger charge is 2.37. The lowest BCUT2D eigenvalue weighted by Crippen LogP contribution is -2.48. The van der Waals surface area contributed by atoms with Crippen LogP contribution >= 0.6 is 0 Å². The fourth-order valence-electron chi connectivity index (χ4n) is 4.43. The van der Waals surface area contributed by atoms with Crippen LogP contribution in [0.4, 0.5) is 11.4 Å². The number of para-hydroxylation sites is 2. The summed E-state index contributed by atoms with van der Waals surface area (Å²) in [6.45, 7) is 16.8. The molecule has 4 aromatic rings. The Bertz CT molecular complexity index is 1780. The first kappa shape index (κ1) is 34.0. The maximum absolute atomic E-state index is 13.0. The Balaban J connectivity index is 1.44. The number of hydrogen-bond donors (Lipinski definition) is 3. The smallest absolute Gasteiger partial charge is 0.337 e. The molecule has 46 heavy (non-hydrogen) atoms. The Morgan fingerprint density at radius 3 is 2.30 bits per heavy atom. The third-order valence-electron chi connectivity index (χ3n) is 8.18. The summed E-state index contributed by atoms with van der Waals surface area (Å²) in [5.74, 6) is -0.00341. The number of fused-ring (bicyclic) bond motifs is 1. The third kappa shape index (κ3) is 7.50. The molecule has 0 saturated heterocycles. The zero-order chi connectivity index (χ0) is 33.9. The number of aromatic nitrogens is 2. The van der Waals surface area contributed by atoms with E-state index in [1.807, 2.05) is 6.07 Å². The van der Waals surface area contributed by atoms with E-state index in [0.717, 1.165) is 0 Å². The molecule has 3 N–H and O–H groups in total. The summed E-state index contributed by atoms with van der Waals surface area (Å²) < 4.78 is 19.9. The predicted octanol–water partition coefficient (Wildman–Crippen LogP) is 7.04. The van der Waals surface area contributed by atoms with Gasteiger partial charge in [-0.2, -0.15) is 10.4 Å². The van der Waals surface area contributed by atoms with Crippen molar-refractivity contribution < 1.29 is 28.6 Å². The van der Waals surface area contributed by atoms with Gasteiger partial charge in [0, 0.05) is 18.4 Å². The molecule has 2 aromatic heterocycles. The number of aromatic carboxylic acids is 1. The second-order valence-electron chi connectivity index (χ2n) is 13.0. The Morgan fingerprint density at radius 1 is 1.04 bits per heavy atom. The van der Waals surface area contributed by atoms with Gasteiger partial charge in [0.2, 0.25) is 0 Å². The molecule has 0 saturated carbocycles. The fraction of sp³-hybridized carbons (Fsp3) is 0.353. The number of rotatable bonds is 12. The number of aryl methyl sites for hydroxylation is 1. The SMILES string of the molecule is Cc1c(C(=O)O)cn2ncc(C#N)c(Nc3ccc(Oc4ccccc4OC(C)(C)C(=O)NCCO[Si](C)(C)C(C)(C)C)cc3)c12. The van der Waals surface area contributed by atoms with Gasteiger partial charge in [-0.1, -0.05) is 32.9 Å². The zero-order valence-electron chi connectivity index (χ0n) is 27.5. The van der Waals surface area contributed by atoms with Crippen molar-refractivity contribution in [3.8, 4) is 23.3 Å². The highest BCUT2D eigenvalue weighted by molar-refractivity contribution is 6.74. The molecule has 0 spiro atoms. The molecule has 11 nitrogen and oxygen atoms in total. The maximum atomic E-state index is 13.0. The lowest BCUT2D eigenvalue weighted by atomic mass is 10.1. The number of benzene rings is 2. The van der Waals surface area contributed by atoms with Crippen LogP contribution in [0.25, 0.3) is 5.52 Å². The van der Waals surface area contributed by atoms with Crippen LogP contribution in [-0.4, -0.2) is 53.7 Å². The molecular weight excluding hydrogens is 602 g/mol. The van der Waals surface area contributed by atoms with E-state index in [1.54, 1.807) is 63.2 Å². The average Bonchev–Trinajstić information content (AvgIpc) is 3.33. The number of hydrogen-bond acceptors (Lipinski definition) is 8. The van der Waals surface area contributed by atoms with Crippen LogP contribution in [0, 0.1) is 18.3 Å². The van der Waals surface area contributed by atoms with Gasteiger partial charge >= 0.3 is 5.97 Å². The Labute approximate surface area is 270 Å². The fourth-order valence-corrected chi connectivity index (χ4v) is 5.48. The second kappa shape index (κ2) is 13.2. The van der Waals surface area contributed by atoms with Crippen LogP contribution in [0.15, 0.2) is 60.9 Å². The van der Waals surface area contributed by atoms with E-state index in [4.69, 9.17) is 13.9 Å². The highest BCUT2D eigenvalue weighted by Crippen LogP contribution is 2.37. The van der Waals surface area contributed by atoms with Crippen molar-refractivity contribution in [1.82, 2.24) is 14.9 Å². The minimum absolute atomic E-state index is 0.0864. The molecule has 242 valence electrons. The highest BCUT2D eigenvalue weighted by atomic mass is 28.4. The average molecular weight is 644 g/mol. The number of nitriles is 1. The first-order chi connectivity index (χ1) is 21.5. The van der Waals surface area contributed by atoms with Gasteiger partial charge in [-0.05, 0) is 80.9 Å². The van der Waals surface area contributed by atoms with E-state index in [-0.39, 0.29) is 22.1 Å². The summed E-state index contributed by atoms with van der Waals surface area (Å²) in [6, 6.07) is 16.3. The molecule has 0 aliphatic heterocycles. The van der Waals surface area contributed by atoms with Gasteiger partial charge in [0.05, 0.1) is 35.1 Å². The van der Waals surface area contributed by atoms with Gasteiger partial charge in [-0.25, -0.2) is 9.31 Å². The van der Waals surface area contributed by atoms with Gasteiger partial charge in [0.25, 0.3) is 5.91 Å². The second-order valence-corrected chi connectivity index (χ2v) is 17.8. The lowest BCUT2D eigenvalue weighted by molar-refractivity contribution is -0.134. The number of carboxylic acid groups (broad SMARTS) is 1. The number of nitrogens with one attached hydrogen (secondary N) is 2. The number of carbonyl (C=O) groups excluding carboxylic acids is 1. The third-order valence-corrected chi connectivity index (χ3v) is 12.7. The number of nitrogens with zero attached hydrogens (tertiary/aromatic N) is 3. The van der Waals surface area contributed by atoms with Crippen molar-refractivity contribution in [3.63, 3.8) is 0 Å². The minimum Gasteiger partial charge on any atom is -0.478 e. The van der Waals surface area contributed by atoms with Gasteiger partial charge in [0.1, 0.15) is 11.8 Å². The van der Waals surface area contributed by atoms with E-state index < -0.39 is 19.9 Å². The van der Waals surface area contributed by atoms with Crippen LogP contribution < -0.4 is 20.1 Å². The van der Waals surface area contributed by atoms with E-state index in [1.165, 1.54) is 16.9 Å². The van der Waals surface area contributed by atoms with Crippen LogP contribution in [0.5, 0.6) is 17.2 Å². The maximum Gasteiger partial charge on any atom is 0.337 e. The largest absolute Gasteiger partial charge is 0.478 e. The van der Waals surface area contributed by atoms with Crippen molar-refractivity contribution in [1.29, 1.82) is 5.26 Å². The molecule has 0 atom stereocenters. The zero-order valence-corrected chi connectivity index (χ0v) is 28.5. The summed E-state index contributed by atoms with van der Waals surface area (Å²) >= 11 is 0. The predicted molar refractivity (Wildman–Crippen MR) is 179 cm³/mol. The molecule has 1 amide bonds. The van der Waals surface area contributed by atoms with E-state index in [0.29, 0.717) is 52.9 Å². The Kier molecular flexibility index (Phi) is 9.79. The van der Waals surface area contributed by atoms with Crippen LogP contribution in [0.3, 0.4) is 0 Å². The van der Waals surface area contributed by atoms with Crippen LogP contribution in [-0.2, 0) is 9.22 Å². The number of carbonyl (C=O) groups is 2. The van der Waals surface area contributed by atoms with Crippen molar-refractivity contribution in [2.24, 2.45) is 0 Å². The Morgan fingerprint density at radius 2 is 1.70 bits per heavy atom. The summed E-state index contributed by atoms with van der Waals surface area (Å²) in [4.78, 5) is 24.7.